The number of nitrogens with zero attached hydrogens (tertiary/aromatic N) is 3. The third-order valence-electron chi connectivity index (χ3n) is 8.32. The lowest BCUT2D eigenvalue weighted by Gasteiger charge is -2.32. The van der Waals surface area contributed by atoms with Gasteiger partial charge in [0.25, 0.3) is 0 Å². The van der Waals surface area contributed by atoms with E-state index in [-0.39, 0.29) is 35.0 Å². The first-order valence-electron chi connectivity index (χ1n) is 15.6. The molecule has 2 amide bonds. The standard InChI is InChI=1S/C35H44N8O3/c1-22-9-11-23(12-10-22)39-32(19-30(36)35(2,3)4)41-34(45)40-28-14-15-29(27-8-6-5-7-26(27)28)46-25-13-16-31(37)43(21-25)33(38)42-18-17-24(44)20-42/h5-13,16,19,21,24,28-29,37-38,44H,14-15,17-18,20,36H2,1-4H3,(H2,39,40,41,45)/t24-,28-,29+/m0/s1. The van der Waals surface area contributed by atoms with Gasteiger partial charge < -0.3 is 25.8 Å². The van der Waals surface area contributed by atoms with Crippen molar-refractivity contribution >= 4 is 23.5 Å². The number of urea groups is 1. The zero-order valence-corrected chi connectivity index (χ0v) is 26.9. The average molecular weight is 625 g/mol. The SMILES string of the molecule is Cc1ccc(N=C(C=C(N)C(C)(C)C)NC(=O)N[C@H]2CC[C@@H](Oc3ccc(=N)n(C(=N)N4CC[C@H](O)C4)c3)c3ccccc32)cc1. The van der Waals surface area contributed by atoms with Crippen LogP contribution in [-0.4, -0.2) is 51.6 Å². The van der Waals surface area contributed by atoms with E-state index in [9.17, 15) is 9.90 Å². The molecule has 0 radical (unpaired) electrons. The second-order valence-electron chi connectivity index (χ2n) is 13.0. The molecule has 242 valence electrons. The van der Waals surface area contributed by atoms with Crippen LogP contribution in [0.3, 0.4) is 0 Å². The van der Waals surface area contributed by atoms with Crippen molar-refractivity contribution in [1.29, 1.82) is 10.8 Å². The number of aryl methyl sites for hydroxylation is 1. The Morgan fingerprint density at radius 3 is 2.46 bits per heavy atom. The van der Waals surface area contributed by atoms with Crippen molar-refractivity contribution in [2.45, 2.75) is 65.2 Å². The number of aromatic nitrogens is 1. The summed E-state index contributed by atoms with van der Waals surface area (Å²) in [7, 11) is 0. The number of aliphatic hydroxyl groups is 1. The minimum absolute atomic E-state index is 0.135. The summed E-state index contributed by atoms with van der Waals surface area (Å²) in [5.74, 6) is 1.01. The Hall–Kier alpha value is -4.90. The fraction of sp³-hybridized carbons (Fsp3) is 0.371. The lowest BCUT2D eigenvalue weighted by molar-refractivity contribution is 0.170. The largest absolute Gasteiger partial charge is 0.484 e. The minimum atomic E-state index is -0.470. The summed E-state index contributed by atoms with van der Waals surface area (Å²) < 4.78 is 7.91. The number of benzene rings is 2. The van der Waals surface area contributed by atoms with E-state index in [2.05, 4.69) is 15.6 Å². The van der Waals surface area contributed by atoms with Gasteiger partial charge in [-0.25, -0.2) is 9.79 Å². The monoisotopic (exact) mass is 624 g/mol. The second kappa shape index (κ2) is 13.6. The first-order valence-corrected chi connectivity index (χ1v) is 15.6. The number of allylic oxidation sites excluding steroid dienone is 1. The fourth-order valence-electron chi connectivity index (χ4n) is 5.53. The number of carbonyl (C=O) groups excluding carboxylic acids is 1. The minimum Gasteiger partial charge on any atom is -0.484 e. The van der Waals surface area contributed by atoms with E-state index in [1.54, 1.807) is 29.3 Å². The molecule has 11 nitrogen and oxygen atoms in total. The second-order valence-corrected chi connectivity index (χ2v) is 13.0. The number of nitrogens with two attached hydrogens (primary N) is 1. The lowest BCUT2D eigenvalue weighted by atomic mass is 9.85. The Morgan fingerprint density at radius 2 is 1.78 bits per heavy atom. The number of pyridine rings is 1. The van der Waals surface area contributed by atoms with Crippen molar-refractivity contribution in [2.75, 3.05) is 13.1 Å². The van der Waals surface area contributed by atoms with Crippen molar-refractivity contribution in [1.82, 2.24) is 20.1 Å². The van der Waals surface area contributed by atoms with Crippen molar-refractivity contribution in [2.24, 2.45) is 16.1 Å². The number of aliphatic hydroxyl groups excluding tert-OH is 1. The van der Waals surface area contributed by atoms with Gasteiger partial charge in [0.05, 0.1) is 24.0 Å². The molecule has 46 heavy (non-hydrogen) atoms. The van der Waals surface area contributed by atoms with Gasteiger partial charge in [0, 0.05) is 30.3 Å². The Morgan fingerprint density at radius 1 is 1.07 bits per heavy atom. The number of ether oxygens (including phenoxy) is 1. The van der Waals surface area contributed by atoms with Gasteiger partial charge in [0.1, 0.15) is 23.2 Å². The van der Waals surface area contributed by atoms with E-state index in [1.165, 1.54) is 4.57 Å². The first kappa shape index (κ1) is 32.5. The number of likely N-dealkylation sites (tertiary alicyclic amines) is 1. The van der Waals surface area contributed by atoms with Crippen molar-refractivity contribution in [3.8, 4) is 5.75 Å². The summed E-state index contributed by atoms with van der Waals surface area (Å²) in [4.78, 5) is 19.8. The highest BCUT2D eigenvalue weighted by Crippen LogP contribution is 2.38. The number of hydrogen-bond acceptors (Lipinski definition) is 7. The fourth-order valence-corrected chi connectivity index (χ4v) is 5.53. The molecule has 1 fully saturated rings. The maximum Gasteiger partial charge on any atom is 0.320 e. The number of β-amino-alcohol motifs (C(OH)–C–C–N with tert-alkyl or cyclic N) is 1. The molecule has 2 aliphatic rings. The summed E-state index contributed by atoms with van der Waals surface area (Å²) in [6.45, 7) is 8.95. The summed E-state index contributed by atoms with van der Waals surface area (Å²) >= 11 is 0. The summed E-state index contributed by atoms with van der Waals surface area (Å²) in [5, 5.41) is 32.9. The zero-order chi connectivity index (χ0) is 33.0. The molecule has 0 unspecified atom stereocenters. The van der Waals surface area contributed by atoms with Crippen LogP contribution in [0.25, 0.3) is 0 Å². The number of fused-ring (bicyclic) bond motifs is 1. The summed E-state index contributed by atoms with van der Waals surface area (Å²) in [6.07, 6.45) is 4.49. The summed E-state index contributed by atoms with van der Waals surface area (Å²) in [5.41, 5.74) is 10.5. The molecule has 3 atom stereocenters. The zero-order valence-electron chi connectivity index (χ0n) is 26.9. The molecular formula is C35H44N8O3. The quantitative estimate of drug-likeness (QED) is 0.173. The highest BCUT2D eigenvalue weighted by molar-refractivity contribution is 6.05. The number of amidine groups is 1. The van der Waals surface area contributed by atoms with Crippen LogP contribution in [0.5, 0.6) is 5.75 Å². The van der Waals surface area contributed by atoms with E-state index in [0.717, 1.165) is 16.7 Å². The first-order chi connectivity index (χ1) is 21.9. The molecule has 7 N–H and O–H groups in total. The van der Waals surface area contributed by atoms with Crippen LogP contribution in [-0.2, 0) is 0 Å². The van der Waals surface area contributed by atoms with Gasteiger partial charge in [-0.15, -0.1) is 0 Å². The van der Waals surface area contributed by atoms with Gasteiger partial charge >= 0.3 is 6.03 Å². The smallest absolute Gasteiger partial charge is 0.320 e. The van der Waals surface area contributed by atoms with Gasteiger partial charge in [-0.1, -0.05) is 62.7 Å². The van der Waals surface area contributed by atoms with Gasteiger partial charge in [-0.05, 0) is 61.6 Å². The maximum absolute atomic E-state index is 13.4. The van der Waals surface area contributed by atoms with Gasteiger partial charge in [0.15, 0.2) is 0 Å². The van der Waals surface area contributed by atoms with Crippen LogP contribution in [0.4, 0.5) is 10.5 Å². The van der Waals surface area contributed by atoms with Crippen LogP contribution in [0.2, 0.25) is 0 Å². The van der Waals surface area contributed by atoms with E-state index in [0.29, 0.717) is 55.3 Å². The molecule has 0 bridgehead atoms. The predicted molar refractivity (Wildman–Crippen MR) is 179 cm³/mol. The normalized spacial score (nSPS) is 20.2. The van der Waals surface area contributed by atoms with Crippen molar-refractivity contribution in [3.05, 3.63) is 101 Å². The van der Waals surface area contributed by atoms with E-state index in [1.807, 2.05) is 76.2 Å². The molecule has 11 heteroatoms. The van der Waals surface area contributed by atoms with Gasteiger partial charge in [-0.2, -0.15) is 0 Å². The molecule has 1 saturated heterocycles. The van der Waals surface area contributed by atoms with Crippen LogP contribution in [0.15, 0.2) is 83.6 Å². The number of nitrogens with one attached hydrogen (secondary N) is 4. The average Bonchev–Trinajstić information content (AvgIpc) is 3.45. The molecule has 2 heterocycles. The van der Waals surface area contributed by atoms with Gasteiger partial charge in [-0.3, -0.25) is 20.7 Å². The highest BCUT2D eigenvalue weighted by atomic mass is 16.5. The van der Waals surface area contributed by atoms with E-state index in [4.69, 9.17) is 21.3 Å². The molecule has 0 saturated carbocycles. The number of amides is 2. The van der Waals surface area contributed by atoms with Crippen LogP contribution in [0, 0.1) is 23.2 Å². The predicted octanol–water partition coefficient (Wildman–Crippen LogP) is 5.00. The van der Waals surface area contributed by atoms with E-state index >= 15 is 0 Å². The van der Waals surface area contributed by atoms with Crippen LogP contribution in [0.1, 0.15) is 68.9 Å². The Balaban J connectivity index is 1.32. The molecule has 0 spiro atoms. The molecule has 1 aromatic heterocycles. The lowest BCUT2D eigenvalue weighted by Crippen LogP contribution is -2.42. The van der Waals surface area contributed by atoms with Crippen molar-refractivity contribution in [3.63, 3.8) is 0 Å². The number of rotatable bonds is 5. The van der Waals surface area contributed by atoms with E-state index < -0.39 is 6.10 Å². The van der Waals surface area contributed by atoms with Crippen LogP contribution < -0.4 is 26.6 Å². The number of carbonyl (C=O) groups is 1. The third-order valence-corrected chi connectivity index (χ3v) is 8.32. The summed E-state index contributed by atoms with van der Waals surface area (Å²) in [6, 6.07) is 18.3. The third kappa shape index (κ3) is 7.84. The maximum atomic E-state index is 13.4. The Kier molecular flexibility index (Phi) is 9.62. The molecule has 1 aliphatic heterocycles. The molecule has 5 rings (SSSR count). The molecular weight excluding hydrogens is 580 g/mol. The molecule has 1 aliphatic carbocycles. The number of hydrogen-bond donors (Lipinski definition) is 6. The molecule has 2 aromatic carbocycles. The van der Waals surface area contributed by atoms with Crippen LogP contribution >= 0.6 is 0 Å². The van der Waals surface area contributed by atoms with Gasteiger partial charge in [0.2, 0.25) is 5.96 Å². The number of aliphatic imine (C=N–C) groups is 1. The van der Waals surface area contributed by atoms with Crippen molar-refractivity contribution < 1.29 is 14.6 Å². The highest BCUT2D eigenvalue weighted by Gasteiger charge is 2.30. The topological polar surface area (TPSA) is 165 Å². The Bertz CT molecular complexity index is 1700. The molecule has 3 aromatic rings. The Labute approximate surface area is 269 Å².